The Kier molecular flexibility index (Phi) is 3.96. The van der Waals surface area contributed by atoms with Crippen LogP contribution in [0.5, 0.6) is 0 Å². The molecule has 70 valence electrons. The van der Waals surface area contributed by atoms with Crippen LogP contribution in [0.4, 0.5) is 0 Å². The first-order valence-corrected chi connectivity index (χ1v) is 5.16. The van der Waals surface area contributed by atoms with Crippen LogP contribution in [0.3, 0.4) is 0 Å². The molecule has 0 radical (unpaired) electrons. The van der Waals surface area contributed by atoms with E-state index in [4.69, 9.17) is 4.74 Å². The molecule has 1 aromatic carbocycles. The molecule has 0 spiro atoms. The highest BCUT2D eigenvalue weighted by Crippen LogP contribution is 2.15. The van der Waals surface area contributed by atoms with Crippen LogP contribution >= 0.6 is 15.9 Å². The van der Waals surface area contributed by atoms with Crippen molar-refractivity contribution in [3.05, 3.63) is 35.9 Å². The minimum absolute atomic E-state index is 0.175. The number of alkyl halides is 1. The van der Waals surface area contributed by atoms with Gasteiger partial charge < -0.3 is 4.74 Å². The predicted molar refractivity (Wildman–Crippen MR) is 54.7 cm³/mol. The van der Waals surface area contributed by atoms with Crippen molar-refractivity contribution in [3.8, 4) is 0 Å². The maximum atomic E-state index is 10.9. The normalized spacial score (nSPS) is 12.2. The summed E-state index contributed by atoms with van der Waals surface area (Å²) in [5, 5.41) is 0.240. The van der Waals surface area contributed by atoms with E-state index in [9.17, 15) is 4.79 Å². The van der Waals surface area contributed by atoms with E-state index in [1.54, 1.807) is 0 Å². The average molecular weight is 243 g/mol. The summed E-state index contributed by atoms with van der Waals surface area (Å²) in [6.45, 7) is 1.86. The van der Waals surface area contributed by atoms with Gasteiger partial charge in [0.15, 0.2) is 0 Å². The molecule has 1 rings (SSSR count). The zero-order valence-electron chi connectivity index (χ0n) is 7.37. The van der Waals surface area contributed by atoms with E-state index in [0.717, 1.165) is 5.56 Å². The Labute approximate surface area is 86.0 Å². The molecule has 0 aliphatic rings. The molecule has 0 amide bonds. The number of hydrogen-bond donors (Lipinski definition) is 0. The second-order valence-electron chi connectivity index (χ2n) is 2.68. The number of carbonyl (C=O) groups is 1. The number of rotatable bonds is 3. The molecule has 0 heterocycles. The lowest BCUT2D eigenvalue weighted by atomic mass is 10.1. The lowest BCUT2D eigenvalue weighted by molar-refractivity contribution is -0.145. The van der Waals surface area contributed by atoms with Gasteiger partial charge in [0.2, 0.25) is 0 Å². The molecule has 0 N–H and O–H groups in total. The zero-order valence-corrected chi connectivity index (χ0v) is 8.95. The standard InChI is InChI=1S/C10H11BrO2/c1-8(13-10(12)7-11)9-5-3-2-4-6-9/h2-6,8H,7H2,1H3/t8-/m0/s1. The highest BCUT2D eigenvalue weighted by atomic mass is 79.9. The third-order valence-corrected chi connectivity index (χ3v) is 2.14. The highest BCUT2D eigenvalue weighted by molar-refractivity contribution is 9.09. The van der Waals surface area contributed by atoms with E-state index in [1.165, 1.54) is 0 Å². The van der Waals surface area contributed by atoms with Crippen molar-refractivity contribution in [2.24, 2.45) is 0 Å². The smallest absolute Gasteiger partial charge is 0.317 e. The monoisotopic (exact) mass is 242 g/mol. The summed E-state index contributed by atoms with van der Waals surface area (Å²) in [6, 6.07) is 9.66. The Balaban J connectivity index is 2.59. The minimum atomic E-state index is -0.239. The molecule has 0 saturated carbocycles. The summed E-state index contributed by atoms with van der Waals surface area (Å²) in [5.41, 5.74) is 1.01. The lowest BCUT2D eigenvalue weighted by Gasteiger charge is -2.11. The number of halogens is 1. The highest BCUT2D eigenvalue weighted by Gasteiger charge is 2.09. The van der Waals surface area contributed by atoms with Gasteiger partial charge in [-0.3, -0.25) is 4.79 Å². The Morgan fingerprint density at radius 3 is 2.62 bits per heavy atom. The van der Waals surface area contributed by atoms with Gasteiger partial charge in [-0.2, -0.15) is 0 Å². The number of esters is 1. The van der Waals surface area contributed by atoms with E-state index in [0.29, 0.717) is 0 Å². The topological polar surface area (TPSA) is 26.3 Å². The number of benzene rings is 1. The van der Waals surface area contributed by atoms with Gasteiger partial charge in [-0.05, 0) is 12.5 Å². The van der Waals surface area contributed by atoms with Crippen molar-refractivity contribution in [2.45, 2.75) is 13.0 Å². The van der Waals surface area contributed by atoms with Crippen LogP contribution in [-0.2, 0) is 9.53 Å². The van der Waals surface area contributed by atoms with Crippen LogP contribution in [-0.4, -0.2) is 11.3 Å². The van der Waals surface area contributed by atoms with E-state index in [-0.39, 0.29) is 17.4 Å². The Morgan fingerprint density at radius 1 is 1.46 bits per heavy atom. The Bertz CT molecular complexity index is 272. The van der Waals surface area contributed by atoms with E-state index in [2.05, 4.69) is 15.9 Å². The van der Waals surface area contributed by atoms with Crippen LogP contribution in [0, 0.1) is 0 Å². The summed E-state index contributed by atoms with van der Waals surface area (Å²) in [7, 11) is 0. The maximum Gasteiger partial charge on any atom is 0.317 e. The van der Waals surface area contributed by atoms with Gasteiger partial charge in [0.25, 0.3) is 0 Å². The fourth-order valence-corrected chi connectivity index (χ4v) is 1.15. The molecule has 0 saturated heterocycles. The van der Waals surface area contributed by atoms with Crippen LogP contribution < -0.4 is 0 Å². The zero-order chi connectivity index (χ0) is 9.68. The van der Waals surface area contributed by atoms with E-state index in [1.807, 2.05) is 37.3 Å². The van der Waals surface area contributed by atoms with Gasteiger partial charge in [-0.15, -0.1) is 0 Å². The van der Waals surface area contributed by atoms with Crippen molar-refractivity contribution >= 4 is 21.9 Å². The fraction of sp³-hybridized carbons (Fsp3) is 0.300. The molecule has 0 aromatic heterocycles. The molecule has 3 heteroatoms. The summed E-state index contributed by atoms with van der Waals surface area (Å²) < 4.78 is 5.10. The Hall–Kier alpha value is -0.830. The molecule has 0 aliphatic heterocycles. The first kappa shape index (κ1) is 10.3. The molecule has 2 nitrogen and oxygen atoms in total. The summed E-state index contributed by atoms with van der Waals surface area (Å²) >= 11 is 3.04. The molecule has 0 aliphatic carbocycles. The van der Waals surface area contributed by atoms with Crippen molar-refractivity contribution < 1.29 is 9.53 Å². The van der Waals surface area contributed by atoms with Gasteiger partial charge in [0.1, 0.15) is 11.4 Å². The fourth-order valence-electron chi connectivity index (χ4n) is 1.02. The maximum absolute atomic E-state index is 10.9. The van der Waals surface area contributed by atoms with Crippen LogP contribution in [0.1, 0.15) is 18.6 Å². The van der Waals surface area contributed by atoms with Gasteiger partial charge in [-0.1, -0.05) is 46.3 Å². The van der Waals surface area contributed by atoms with Crippen LogP contribution in [0.25, 0.3) is 0 Å². The lowest BCUT2D eigenvalue weighted by Crippen LogP contribution is -2.09. The molecule has 1 aromatic rings. The number of ether oxygens (including phenoxy) is 1. The largest absolute Gasteiger partial charge is 0.457 e. The Morgan fingerprint density at radius 2 is 2.08 bits per heavy atom. The number of carbonyl (C=O) groups excluding carboxylic acids is 1. The van der Waals surface area contributed by atoms with Crippen molar-refractivity contribution in [2.75, 3.05) is 5.33 Å². The van der Waals surface area contributed by atoms with E-state index < -0.39 is 0 Å². The molecular weight excluding hydrogens is 232 g/mol. The average Bonchev–Trinajstić information content (AvgIpc) is 2.19. The quantitative estimate of drug-likeness (QED) is 0.602. The third kappa shape index (κ3) is 3.19. The molecular formula is C10H11BrO2. The summed E-state index contributed by atoms with van der Waals surface area (Å²) in [6.07, 6.45) is -0.175. The second kappa shape index (κ2) is 5.02. The van der Waals surface area contributed by atoms with Gasteiger partial charge in [-0.25, -0.2) is 0 Å². The van der Waals surface area contributed by atoms with Crippen molar-refractivity contribution in [3.63, 3.8) is 0 Å². The summed E-state index contributed by atoms with van der Waals surface area (Å²) in [4.78, 5) is 10.9. The third-order valence-electron chi connectivity index (χ3n) is 1.69. The first-order chi connectivity index (χ1) is 6.24. The van der Waals surface area contributed by atoms with Crippen LogP contribution in [0.2, 0.25) is 0 Å². The molecule has 0 bridgehead atoms. The van der Waals surface area contributed by atoms with Crippen molar-refractivity contribution in [1.82, 2.24) is 0 Å². The van der Waals surface area contributed by atoms with Gasteiger partial charge in [0.05, 0.1) is 0 Å². The van der Waals surface area contributed by atoms with Crippen molar-refractivity contribution in [1.29, 1.82) is 0 Å². The predicted octanol–water partition coefficient (Wildman–Crippen LogP) is 2.69. The van der Waals surface area contributed by atoms with Crippen LogP contribution in [0.15, 0.2) is 30.3 Å². The molecule has 0 fully saturated rings. The first-order valence-electron chi connectivity index (χ1n) is 4.04. The van der Waals surface area contributed by atoms with Gasteiger partial charge >= 0.3 is 5.97 Å². The molecule has 0 unspecified atom stereocenters. The second-order valence-corrected chi connectivity index (χ2v) is 3.24. The van der Waals surface area contributed by atoms with Gasteiger partial charge in [0, 0.05) is 0 Å². The summed E-state index contributed by atoms with van der Waals surface area (Å²) in [5.74, 6) is -0.239. The molecule has 13 heavy (non-hydrogen) atoms. The minimum Gasteiger partial charge on any atom is -0.457 e. The number of hydrogen-bond acceptors (Lipinski definition) is 2. The molecule has 1 atom stereocenters. The SMILES string of the molecule is C[C@H](OC(=O)CBr)c1ccccc1. The van der Waals surface area contributed by atoms with E-state index >= 15 is 0 Å².